The van der Waals surface area contributed by atoms with Crippen molar-refractivity contribution in [2.45, 2.75) is 0 Å². The zero-order valence-corrected chi connectivity index (χ0v) is 12.5. The van der Waals surface area contributed by atoms with Gasteiger partial charge in [0.05, 0.1) is 15.9 Å². The molecule has 4 nitrogen and oxygen atoms in total. The molecule has 0 aliphatic heterocycles. The molecule has 1 amide bonds. The maximum Gasteiger partial charge on any atom is 0.323 e. The number of rotatable bonds is 3. The second kappa shape index (κ2) is 5.98. The molecule has 1 unspecified atom stereocenters. The Kier molecular flexibility index (Phi) is 4.51. The van der Waals surface area contributed by atoms with Gasteiger partial charge in [0.2, 0.25) is 0 Å². The van der Waals surface area contributed by atoms with Crippen LogP contribution >= 0.6 is 30.7 Å². The number of carbonyl (C=O) groups is 1. The van der Waals surface area contributed by atoms with Crippen LogP contribution in [0.15, 0.2) is 48.5 Å². The topological polar surface area (TPSA) is 66.4 Å². The third kappa shape index (κ3) is 3.41. The predicted octanol–water partition coefficient (Wildman–Crippen LogP) is 3.23. The monoisotopic (exact) mass is 329 g/mol. The Hall–Kier alpha value is -1.32. The zero-order chi connectivity index (χ0) is 14.8. The van der Waals surface area contributed by atoms with Crippen LogP contribution in [0, 0.1) is 0 Å². The van der Waals surface area contributed by atoms with Gasteiger partial charge in [-0.2, -0.15) is 0 Å². The lowest BCUT2D eigenvalue weighted by Gasteiger charge is -2.14. The van der Waals surface area contributed by atoms with Crippen LogP contribution in [0.5, 0.6) is 0 Å². The molecule has 104 valence electrons. The maximum atomic E-state index is 12.1. The van der Waals surface area contributed by atoms with E-state index < -0.39 is 13.4 Å². The van der Waals surface area contributed by atoms with E-state index in [0.29, 0.717) is 5.02 Å². The van der Waals surface area contributed by atoms with Crippen LogP contribution in [-0.2, 0) is 4.57 Å². The molecule has 0 heterocycles. The Morgan fingerprint density at radius 1 is 1.10 bits per heavy atom. The van der Waals surface area contributed by atoms with Gasteiger partial charge in [0.25, 0.3) is 5.91 Å². The maximum absolute atomic E-state index is 12.1. The molecule has 2 rings (SSSR count). The van der Waals surface area contributed by atoms with Gasteiger partial charge in [-0.25, -0.2) is 0 Å². The van der Waals surface area contributed by atoms with Crippen LogP contribution in [-0.4, -0.2) is 10.8 Å². The number of benzene rings is 2. The quantitative estimate of drug-likeness (QED) is 0.849. The summed E-state index contributed by atoms with van der Waals surface area (Å²) in [6.45, 7) is 0. The standard InChI is InChI=1S/C13H10Cl2NO3P/c14-9-6-7-12(15)11(8-9)13(17)16-20(18,19)10-4-2-1-3-5-10/h1-8H,(H2,16,17,18,19). The molecule has 0 aliphatic carbocycles. The van der Waals surface area contributed by atoms with Crippen molar-refractivity contribution in [1.82, 2.24) is 5.09 Å². The van der Waals surface area contributed by atoms with Gasteiger partial charge in [0, 0.05) is 5.02 Å². The van der Waals surface area contributed by atoms with Gasteiger partial charge >= 0.3 is 7.52 Å². The predicted molar refractivity (Wildman–Crippen MR) is 79.8 cm³/mol. The lowest BCUT2D eigenvalue weighted by molar-refractivity contribution is 0.0978. The SMILES string of the molecule is O=C(NP(=O)(O)c1ccccc1)c1cc(Cl)ccc1Cl. The number of amides is 1. The Balaban J connectivity index is 2.28. The van der Waals surface area contributed by atoms with Crippen molar-refractivity contribution in [3.8, 4) is 0 Å². The second-order valence-corrected chi connectivity index (χ2v) is 6.71. The summed E-state index contributed by atoms with van der Waals surface area (Å²) in [5.74, 6) is -0.757. The minimum atomic E-state index is -4.00. The summed E-state index contributed by atoms with van der Waals surface area (Å²) in [7, 11) is -4.00. The van der Waals surface area contributed by atoms with E-state index in [0.717, 1.165) is 0 Å². The number of hydrogen-bond donors (Lipinski definition) is 2. The lowest BCUT2D eigenvalue weighted by Crippen LogP contribution is -2.26. The molecule has 0 bridgehead atoms. The molecule has 20 heavy (non-hydrogen) atoms. The summed E-state index contributed by atoms with van der Waals surface area (Å²) < 4.78 is 12.1. The second-order valence-electron chi connectivity index (χ2n) is 3.98. The fourth-order valence-electron chi connectivity index (χ4n) is 1.56. The van der Waals surface area contributed by atoms with Crippen LogP contribution in [0.2, 0.25) is 10.0 Å². The molecule has 7 heteroatoms. The first-order valence-corrected chi connectivity index (χ1v) is 7.98. The van der Waals surface area contributed by atoms with Crippen LogP contribution in [0.4, 0.5) is 0 Å². The average molecular weight is 330 g/mol. The van der Waals surface area contributed by atoms with Crippen molar-refractivity contribution < 1.29 is 14.3 Å². The highest BCUT2D eigenvalue weighted by molar-refractivity contribution is 7.64. The number of halogens is 2. The summed E-state index contributed by atoms with van der Waals surface area (Å²) in [4.78, 5) is 21.9. The van der Waals surface area contributed by atoms with Crippen LogP contribution in [0.3, 0.4) is 0 Å². The number of nitrogens with one attached hydrogen (secondary N) is 1. The Morgan fingerprint density at radius 3 is 2.40 bits per heavy atom. The summed E-state index contributed by atoms with van der Waals surface area (Å²) >= 11 is 11.7. The Bertz CT molecular complexity index is 691. The number of carbonyl (C=O) groups excluding carboxylic acids is 1. The van der Waals surface area contributed by atoms with E-state index in [1.54, 1.807) is 18.2 Å². The Labute approximate surface area is 125 Å². The summed E-state index contributed by atoms with van der Waals surface area (Å²) in [5, 5.41) is 2.68. The smallest absolute Gasteiger partial charge is 0.323 e. The summed E-state index contributed by atoms with van der Waals surface area (Å²) in [6.07, 6.45) is 0. The Morgan fingerprint density at radius 2 is 1.75 bits per heavy atom. The van der Waals surface area contributed by atoms with Crippen molar-refractivity contribution in [3.63, 3.8) is 0 Å². The molecular formula is C13H10Cl2NO3P. The molecule has 0 fully saturated rings. The van der Waals surface area contributed by atoms with E-state index >= 15 is 0 Å². The third-order valence-corrected chi connectivity index (χ3v) is 4.60. The molecule has 2 aromatic rings. The first kappa shape index (κ1) is 15.1. The minimum absolute atomic E-state index is 0.0457. The van der Waals surface area contributed by atoms with Gasteiger partial charge in [0.1, 0.15) is 0 Å². The first-order chi connectivity index (χ1) is 9.40. The van der Waals surface area contributed by atoms with E-state index in [1.807, 2.05) is 0 Å². The normalized spacial score (nSPS) is 13.6. The van der Waals surface area contributed by atoms with Gasteiger partial charge in [-0.1, -0.05) is 41.4 Å². The fourth-order valence-corrected chi connectivity index (χ4v) is 3.04. The summed E-state index contributed by atoms with van der Waals surface area (Å²) in [6, 6.07) is 12.2. The van der Waals surface area contributed by atoms with E-state index in [-0.39, 0.29) is 15.9 Å². The minimum Gasteiger partial charge on any atom is -0.326 e. The molecule has 2 aromatic carbocycles. The van der Waals surface area contributed by atoms with Crippen molar-refractivity contribution in [3.05, 3.63) is 64.1 Å². The third-order valence-electron chi connectivity index (χ3n) is 2.53. The highest BCUT2D eigenvalue weighted by Crippen LogP contribution is 2.35. The summed E-state index contributed by atoms with van der Waals surface area (Å²) in [5.41, 5.74) is 0.0457. The van der Waals surface area contributed by atoms with E-state index in [2.05, 4.69) is 5.09 Å². The van der Waals surface area contributed by atoms with Crippen molar-refractivity contribution in [2.24, 2.45) is 0 Å². The van der Waals surface area contributed by atoms with E-state index in [9.17, 15) is 14.3 Å². The zero-order valence-electron chi connectivity index (χ0n) is 10.1. The fraction of sp³-hybridized carbons (Fsp3) is 0. The molecular weight excluding hydrogens is 320 g/mol. The molecule has 2 N–H and O–H groups in total. The van der Waals surface area contributed by atoms with Crippen LogP contribution in [0.25, 0.3) is 0 Å². The molecule has 0 aliphatic rings. The molecule has 0 saturated carbocycles. The van der Waals surface area contributed by atoms with Crippen molar-refractivity contribution >= 4 is 41.9 Å². The van der Waals surface area contributed by atoms with Gasteiger partial charge in [0.15, 0.2) is 0 Å². The molecule has 0 spiro atoms. The number of hydrogen-bond acceptors (Lipinski definition) is 2. The average Bonchev–Trinajstić information content (AvgIpc) is 2.42. The van der Waals surface area contributed by atoms with Gasteiger partial charge in [-0.15, -0.1) is 0 Å². The van der Waals surface area contributed by atoms with Gasteiger partial charge in [-0.05, 0) is 30.3 Å². The van der Waals surface area contributed by atoms with Crippen molar-refractivity contribution in [1.29, 1.82) is 0 Å². The molecule has 1 atom stereocenters. The first-order valence-electron chi connectivity index (χ1n) is 5.56. The largest absolute Gasteiger partial charge is 0.326 e. The van der Waals surface area contributed by atoms with Gasteiger partial charge < -0.3 is 4.89 Å². The molecule has 0 aromatic heterocycles. The highest BCUT2D eigenvalue weighted by atomic mass is 35.5. The molecule has 0 radical (unpaired) electrons. The lowest BCUT2D eigenvalue weighted by atomic mass is 10.2. The van der Waals surface area contributed by atoms with Gasteiger partial charge in [-0.3, -0.25) is 14.4 Å². The van der Waals surface area contributed by atoms with E-state index in [4.69, 9.17) is 23.2 Å². The molecule has 0 saturated heterocycles. The van der Waals surface area contributed by atoms with Crippen LogP contribution < -0.4 is 10.4 Å². The van der Waals surface area contributed by atoms with E-state index in [1.165, 1.54) is 30.3 Å². The van der Waals surface area contributed by atoms with Crippen LogP contribution in [0.1, 0.15) is 10.4 Å². The van der Waals surface area contributed by atoms with Crippen molar-refractivity contribution in [2.75, 3.05) is 0 Å². The highest BCUT2D eigenvalue weighted by Gasteiger charge is 2.25.